The summed E-state index contributed by atoms with van der Waals surface area (Å²) in [7, 11) is 0. The summed E-state index contributed by atoms with van der Waals surface area (Å²) in [6.07, 6.45) is 5.02. The van der Waals surface area contributed by atoms with Crippen LogP contribution in [0.15, 0.2) is 54.6 Å². The summed E-state index contributed by atoms with van der Waals surface area (Å²) >= 11 is 0. The number of rotatable bonds is 4. The smallest absolute Gasteiger partial charge is 0.0378 e. The molecule has 3 rings (SSSR count). The molecule has 1 aliphatic rings. The van der Waals surface area contributed by atoms with Crippen LogP contribution in [0.3, 0.4) is 0 Å². The van der Waals surface area contributed by atoms with Crippen LogP contribution in [0.1, 0.15) is 30.4 Å². The highest BCUT2D eigenvalue weighted by Crippen LogP contribution is 2.26. The lowest BCUT2D eigenvalue weighted by molar-refractivity contribution is 0.445. The second-order valence-corrected chi connectivity index (χ2v) is 5.09. The summed E-state index contributed by atoms with van der Waals surface area (Å²) in [4.78, 5) is 0. The van der Waals surface area contributed by atoms with Gasteiger partial charge in [0.15, 0.2) is 0 Å². The molecule has 1 N–H and O–H groups in total. The first kappa shape index (κ1) is 11.3. The van der Waals surface area contributed by atoms with E-state index in [0.29, 0.717) is 6.04 Å². The number of para-hydroxylation sites is 1. The van der Waals surface area contributed by atoms with Gasteiger partial charge in [-0.2, -0.15) is 0 Å². The maximum atomic E-state index is 3.67. The predicted molar refractivity (Wildman–Crippen MR) is 77.0 cm³/mol. The molecule has 18 heavy (non-hydrogen) atoms. The third-order valence-electron chi connectivity index (χ3n) is 3.72. The fourth-order valence-corrected chi connectivity index (χ4v) is 2.40. The van der Waals surface area contributed by atoms with Crippen molar-refractivity contribution in [1.29, 1.82) is 0 Å². The van der Waals surface area contributed by atoms with Crippen LogP contribution in [-0.4, -0.2) is 6.04 Å². The number of hydrogen-bond donors (Lipinski definition) is 1. The summed E-state index contributed by atoms with van der Waals surface area (Å²) < 4.78 is 0. The Labute approximate surface area is 109 Å². The summed E-state index contributed by atoms with van der Waals surface area (Å²) in [5.74, 6) is 0. The minimum Gasteiger partial charge on any atom is -0.382 e. The Morgan fingerprint density at radius 1 is 0.889 bits per heavy atom. The Morgan fingerprint density at radius 2 is 1.61 bits per heavy atom. The van der Waals surface area contributed by atoms with Crippen molar-refractivity contribution in [2.75, 3.05) is 5.32 Å². The summed E-state index contributed by atoms with van der Waals surface area (Å²) in [6, 6.07) is 20.1. The molecule has 92 valence electrons. The second kappa shape index (κ2) is 5.26. The average molecular weight is 237 g/mol. The van der Waals surface area contributed by atoms with Crippen LogP contribution in [0.2, 0.25) is 0 Å². The fraction of sp³-hybridized carbons (Fsp3) is 0.294. The van der Waals surface area contributed by atoms with E-state index in [1.165, 1.54) is 36.1 Å². The second-order valence-electron chi connectivity index (χ2n) is 5.09. The summed E-state index contributed by atoms with van der Waals surface area (Å²) in [6.45, 7) is 0. The zero-order valence-corrected chi connectivity index (χ0v) is 10.6. The van der Waals surface area contributed by atoms with Gasteiger partial charge in [0.25, 0.3) is 0 Å². The highest BCUT2D eigenvalue weighted by atomic mass is 14.9. The standard InChI is InChI=1S/C17H19N/c1-2-7-14(8-3-1)13-15-9-4-5-12-17(15)18-16-10-6-11-16/h1-5,7-9,12,16,18H,6,10-11,13H2. The zero-order chi connectivity index (χ0) is 12.2. The minimum atomic E-state index is 0.696. The van der Waals surface area contributed by atoms with Crippen LogP contribution in [0.25, 0.3) is 0 Å². The first-order valence-corrected chi connectivity index (χ1v) is 6.80. The minimum absolute atomic E-state index is 0.696. The molecule has 0 aromatic heterocycles. The van der Waals surface area contributed by atoms with E-state index >= 15 is 0 Å². The third-order valence-corrected chi connectivity index (χ3v) is 3.72. The van der Waals surface area contributed by atoms with Crippen molar-refractivity contribution < 1.29 is 0 Å². The molecule has 1 saturated carbocycles. The molecule has 1 heteroatoms. The lowest BCUT2D eigenvalue weighted by atomic mass is 9.92. The molecule has 0 spiro atoms. The Morgan fingerprint density at radius 3 is 2.33 bits per heavy atom. The molecule has 2 aromatic carbocycles. The lowest BCUT2D eigenvalue weighted by Gasteiger charge is -2.28. The van der Waals surface area contributed by atoms with E-state index in [4.69, 9.17) is 0 Å². The van der Waals surface area contributed by atoms with Crippen LogP contribution in [0.5, 0.6) is 0 Å². The van der Waals surface area contributed by atoms with Gasteiger partial charge in [-0.25, -0.2) is 0 Å². The van der Waals surface area contributed by atoms with Crippen molar-refractivity contribution in [2.24, 2.45) is 0 Å². The molecule has 0 heterocycles. The van der Waals surface area contributed by atoms with Crippen molar-refractivity contribution in [1.82, 2.24) is 0 Å². The van der Waals surface area contributed by atoms with Crippen molar-refractivity contribution >= 4 is 5.69 Å². The lowest BCUT2D eigenvalue weighted by Crippen LogP contribution is -2.27. The van der Waals surface area contributed by atoms with Crippen molar-refractivity contribution in [3.05, 3.63) is 65.7 Å². The van der Waals surface area contributed by atoms with E-state index in [9.17, 15) is 0 Å². The quantitative estimate of drug-likeness (QED) is 0.838. The van der Waals surface area contributed by atoms with Crippen LogP contribution in [0, 0.1) is 0 Å². The first-order valence-electron chi connectivity index (χ1n) is 6.80. The normalized spacial score (nSPS) is 15.1. The molecule has 1 aliphatic carbocycles. The molecular formula is C17H19N. The topological polar surface area (TPSA) is 12.0 Å². The number of benzene rings is 2. The van der Waals surface area contributed by atoms with Gasteiger partial charge >= 0.3 is 0 Å². The van der Waals surface area contributed by atoms with Crippen LogP contribution in [-0.2, 0) is 6.42 Å². The summed E-state index contributed by atoms with van der Waals surface area (Å²) in [5, 5.41) is 3.67. The van der Waals surface area contributed by atoms with Gasteiger partial charge < -0.3 is 5.32 Å². The van der Waals surface area contributed by atoms with E-state index in [1.807, 2.05) is 0 Å². The van der Waals surface area contributed by atoms with Gasteiger partial charge in [-0.05, 0) is 42.9 Å². The van der Waals surface area contributed by atoms with E-state index < -0.39 is 0 Å². The molecule has 0 aliphatic heterocycles. The molecule has 0 bridgehead atoms. The van der Waals surface area contributed by atoms with Gasteiger partial charge in [-0.15, -0.1) is 0 Å². The van der Waals surface area contributed by atoms with E-state index in [1.54, 1.807) is 0 Å². The Balaban J connectivity index is 1.78. The van der Waals surface area contributed by atoms with Crippen molar-refractivity contribution in [2.45, 2.75) is 31.7 Å². The first-order chi connectivity index (χ1) is 8.92. The molecule has 0 amide bonds. The van der Waals surface area contributed by atoms with Gasteiger partial charge in [0.1, 0.15) is 0 Å². The van der Waals surface area contributed by atoms with E-state index in [-0.39, 0.29) is 0 Å². The maximum absolute atomic E-state index is 3.67. The van der Waals surface area contributed by atoms with Crippen molar-refractivity contribution in [3.63, 3.8) is 0 Å². The number of anilines is 1. The monoisotopic (exact) mass is 237 g/mol. The highest BCUT2D eigenvalue weighted by Gasteiger charge is 2.17. The molecule has 0 radical (unpaired) electrons. The molecule has 2 aromatic rings. The molecular weight excluding hydrogens is 218 g/mol. The van der Waals surface area contributed by atoms with E-state index in [2.05, 4.69) is 59.9 Å². The van der Waals surface area contributed by atoms with E-state index in [0.717, 1.165) is 6.42 Å². The zero-order valence-electron chi connectivity index (χ0n) is 10.6. The Kier molecular flexibility index (Phi) is 3.31. The van der Waals surface area contributed by atoms with Gasteiger partial charge in [-0.3, -0.25) is 0 Å². The molecule has 1 fully saturated rings. The van der Waals surface area contributed by atoms with Crippen LogP contribution < -0.4 is 5.32 Å². The van der Waals surface area contributed by atoms with Crippen LogP contribution >= 0.6 is 0 Å². The number of hydrogen-bond acceptors (Lipinski definition) is 1. The van der Waals surface area contributed by atoms with Gasteiger partial charge in [0.05, 0.1) is 0 Å². The molecule has 1 nitrogen and oxygen atoms in total. The van der Waals surface area contributed by atoms with Gasteiger partial charge in [0, 0.05) is 11.7 Å². The number of nitrogens with one attached hydrogen (secondary N) is 1. The van der Waals surface area contributed by atoms with Gasteiger partial charge in [0.2, 0.25) is 0 Å². The fourth-order valence-electron chi connectivity index (χ4n) is 2.40. The molecule has 0 atom stereocenters. The predicted octanol–water partition coefficient (Wildman–Crippen LogP) is 4.24. The SMILES string of the molecule is c1ccc(Cc2ccccc2NC2CCC2)cc1. The maximum Gasteiger partial charge on any atom is 0.0378 e. The van der Waals surface area contributed by atoms with Crippen LogP contribution in [0.4, 0.5) is 5.69 Å². The van der Waals surface area contributed by atoms with Crippen molar-refractivity contribution in [3.8, 4) is 0 Å². The summed E-state index contributed by atoms with van der Waals surface area (Å²) in [5.41, 5.74) is 4.09. The molecule has 0 saturated heterocycles. The third kappa shape index (κ3) is 2.56. The van der Waals surface area contributed by atoms with Gasteiger partial charge in [-0.1, -0.05) is 48.5 Å². The highest BCUT2D eigenvalue weighted by molar-refractivity contribution is 5.53. The Hall–Kier alpha value is -1.76. The average Bonchev–Trinajstić information content (AvgIpc) is 2.37. The molecule has 0 unspecified atom stereocenters. The largest absolute Gasteiger partial charge is 0.382 e. The Bertz CT molecular complexity index is 500.